The summed E-state index contributed by atoms with van der Waals surface area (Å²) in [6, 6.07) is 8.48. The number of ether oxygens (including phenoxy) is 1. The van der Waals surface area contributed by atoms with Crippen LogP contribution in [0.15, 0.2) is 24.3 Å². The number of carbonyl (C=O) groups is 2. The highest BCUT2D eigenvalue weighted by atomic mass is 32.1. The van der Waals surface area contributed by atoms with Crippen molar-refractivity contribution in [3.05, 3.63) is 51.4 Å². The molecule has 0 saturated carbocycles. The van der Waals surface area contributed by atoms with Crippen molar-refractivity contribution in [1.82, 2.24) is 0 Å². The van der Waals surface area contributed by atoms with Gasteiger partial charge in [-0.25, -0.2) is 4.79 Å². The van der Waals surface area contributed by atoms with Gasteiger partial charge in [-0.2, -0.15) is 5.26 Å². The third kappa shape index (κ3) is 3.93. The Hall–Kier alpha value is -2.69. The maximum Gasteiger partial charge on any atom is 0.338 e. The number of nitrogens with zero attached hydrogens (tertiary/aromatic N) is 1. The molecule has 0 aliphatic heterocycles. The number of esters is 1. The topological polar surface area (TPSA) is 99.4 Å². The molecule has 0 unspecified atom stereocenters. The molecule has 7 heteroatoms. The van der Waals surface area contributed by atoms with Crippen LogP contribution in [-0.4, -0.2) is 23.6 Å². The molecule has 1 aromatic heterocycles. The molecule has 0 saturated heterocycles. The standard InChI is InChI=1S/C19H18N2O4S/c20-9-15-14-3-1-2-4-16(14)26-18(15)21-17(23)11-25-19(24)13-7-5-12(10-22)6-8-13/h5-8,22H,1-4,10-11H2,(H,21,23). The predicted molar refractivity (Wildman–Crippen MR) is 97.0 cm³/mol. The molecule has 134 valence electrons. The second-order valence-electron chi connectivity index (χ2n) is 6.01. The number of carbonyl (C=O) groups excluding carboxylic acids is 2. The molecule has 0 spiro atoms. The molecule has 1 aromatic carbocycles. The minimum absolute atomic E-state index is 0.107. The third-order valence-electron chi connectivity index (χ3n) is 4.24. The lowest BCUT2D eigenvalue weighted by Crippen LogP contribution is -2.20. The number of benzene rings is 1. The normalized spacial score (nSPS) is 12.8. The molecule has 26 heavy (non-hydrogen) atoms. The number of aliphatic hydroxyl groups excluding tert-OH is 1. The lowest BCUT2D eigenvalue weighted by Gasteiger charge is -2.09. The molecule has 1 aliphatic carbocycles. The van der Waals surface area contributed by atoms with Gasteiger partial charge < -0.3 is 15.2 Å². The van der Waals surface area contributed by atoms with E-state index in [-0.39, 0.29) is 6.61 Å². The highest BCUT2D eigenvalue weighted by Crippen LogP contribution is 2.37. The smallest absolute Gasteiger partial charge is 0.338 e. The molecule has 1 amide bonds. The van der Waals surface area contributed by atoms with E-state index in [4.69, 9.17) is 9.84 Å². The van der Waals surface area contributed by atoms with Crippen LogP contribution in [0.1, 0.15) is 44.8 Å². The van der Waals surface area contributed by atoms with E-state index < -0.39 is 18.5 Å². The number of amides is 1. The Labute approximate surface area is 155 Å². The van der Waals surface area contributed by atoms with Crippen molar-refractivity contribution in [1.29, 1.82) is 5.26 Å². The average Bonchev–Trinajstić information content (AvgIpc) is 3.03. The van der Waals surface area contributed by atoms with Crippen LogP contribution in [0, 0.1) is 11.3 Å². The second-order valence-corrected chi connectivity index (χ2v) is 7.11. The van der Waals surface area contributed by atoms with Gasteiger partial charge in [0.25, 0.3) is 5.91 Å². The number of anilines is 1. The van der Waals surface area contributed by atoms with Crippen molar-refractivity contribution in [3.8, 4) is 6.07 Å². The zero-order valence-electron chi connectivity index (χ0n) is 14.1. The molecule has 3 rings (SSSR count). The highest BCUT2D eigenvalue weighted by Gasteiger charge is 2.22. The van der Waals surface area contributed by atoms with Crippen molar-refractivity contribution in [2.75, 3.05) is 11.9 Å². The van der Waals surface area contributed by atoms with E-state index in [1.807, 2.05) is 0 Å². The second kappa shape index (κ2) is 8.13. The Morgan fingerprint density at radius 3 is 2.65 bits per heavy atom. The van der Waals surface area contributed by atoms with E-state index in [0.29, 0.717) is 21.7 Å². The minimum Gasteiger partial charge on any atom is -0.452 e. The summed E-state index contributed by atoms with van der Waals surface area (Å²) < 4.78 is 5.02. The van der Waals surface area contributed by atoms with Crippen molar-refractivity contribution in [3.63, 3.8) is 0 Å². The number of hydrogen-bond acceptors (Lipinski definition) is 6. The van der Waals surface area contributed by atoms with Gasteiger partial charge in [0.05, 0.1) is 17.7 Å². The number of nitriles is 1. The summed E-state index contributed by atoms with van der Waals surface area (Å²) in [6.07, 6.45) is 3.95. The fourth-order valence-corrected chi connectivity index (χ4v) is 4.15. The number of hydrogen-bond donors (Lipinski definition) is 2. The first-order valence-corrected chi connectivity index (χ1v) is 9.15. The van der Waals surface area contributed by atoms with Gasteiger partial charge in [-0.1, -0.05) is 12.1 Å². The van der Waals surface area contributed by atoms with Crippen LogP contribution in [0.5, 0.6) is 0 Å². The summed E-state index contributed by atoms with van der Waals surface area (Å²) in [5, 5.41) is 21.6. The monoisotopic (exact) mass is 370 g/mol. The van der Waals surface area contributed by atoms with Gasteiger partial charge in [-0.3, -0.25) is 4.79 Å². The summed E-state index contributed by atoms with van der Waals surface area (Å²) in [7, 11) is 0. The first kappa shape index (κ1) is 18.1. The van der Waals surface area contributed by atoms with Crippen LogP contribution in [-0.2, 0) is 29.0 Å². The van der Waals surface area contributed by atoms with Gasteiger partial charge in [0, 0.05) is 4.88 Å². The molecule has 0 radical (unpaired) electrons. The Morgan fingerprint density at radius 2 is 1.96 bits per heavy atom. The van der Waals surface area contributed by atoms with Crippen LogP contribution in [0.4, 0.5) is 5.00 Å². The summed E-state index contributed by atoms with van der Waals surface area (Å²) >= 11 is 1.43. The van der Waals surface area contributed by atoms with Gasteiger partial charge in [0.2, 0.25) is 0 Å². The van der Waals surface area contributed by atoms with Crippen LogP contribution in [0.2, 0.25) is 0 Å². The summed E-state index contributed by atoms with van der Waals surface area (Å²) in [4.78, 5) is 25.2. The van der Waals surface area contributed by atoms with E-state index in [2.05, 4.69) is 11.4 Å². The number of rotatable bonds is 5. The number of aliphatic hydroxyl groups is 1. The largest absolute Gasteiger partial charge is 0.452 e. The first-order chi connectivity index (χ1) is 12.6. The number of nitrogens with one attached hydrogen (secondary N) is 1. The number of thiophene rings is 1. The van der Waals surface area contributed by atoms with Gasteiger partial charge in [-0.15, -0.1) is 11.3 Å². The summed E-state index contributed by atoms with van der Waals surface area (Å²) in [6.45, 7) is -0.530. The van der Waals surface area contributed by atoms with Crippen molar-refractivity contribution in [2.24, 2.45) is 0 Å². The third-order valence-corrected chi connectivity index (χ3v) is 5.45. The Balaban J connectivity index is 1.60. The van der Waals surface area contributed by atoms with Gasteiger partial charge in [-0.05, 0) is 48.9 Å². The molecule has 2 N–H and O–H groups in total. The fraction of sp³-hybridized carbons (Fsp3) is 0.316. The molecule has 1 heterocycles. The maximum absolute atomic E-state index is 12.1. The molecule has 0 atom stereocenters. The molecule has 0 bridgehead atoms. The molecular formula is C19H18N2O4S. The van der Waals surface area contributed by atoms with Crippen LogP contribution in [0.3, 0.4) is 0 Å². The zero-order chi connectivity index (χ0) is 18.5. The van der Waals surface area contributed by atoms with E-state index >= 15 is 0 Å². The SMILES string of the molecule is N#Cc1c(NC(=O)COC(=O)c2ccc(CO)cc2)sc2c1CCCC2. The maximum atomic E-state index is 12.1. The van der Waals surface area contributed by atoms with Gasteiger partial charge in [0.15, 0.2) is 6.61 Å². The molecule has 0 fully saturated rings. The van der Waals surface area contributed by atoms with Crippen LogP contribution in [0.25, 0.3) is 0 Å². The molecule has 2 aromatic rings. The van der Waals surface area contributed by atoms with E-state index in [9.17, 15) is 14.9 Å². The molecular weight excluding hydrogens is 352 g/mol. The van der Waals surface area contributed by atoms with Crippen LogP contribution < -0.4 is 5.32 Å². The minimum atomic E-state index is -0.615. The van der Waals surface area contributed by atoms with Crippen LogP contribution >= 0.6 is 11.3 Å². The number of aryl methyl sites for hydroxylation is 1. The highest BCUT2D eigenvalue weighted by molar-refractivity contribution is 7.16. The Bertz CT molecular complexity index is 865. The first-order valence-electron chi connectivity index (χ1n) is 8.33. The summed E-state index contributed by atoms with van der Waals surface area (Å²) in [5.41, 5.74) is 2.56. The van der Waals surface area contributed by atoms with Crippen molar-refractivity contribution >= 4 is 28.2 Å². The lowest BCUT2D eigenvalue weighted by atomic mass is 9.96. The summed E-state index contributed by atoms with van der Waals surface area (Å²) in [5.74, 6) is -1.09. The van der Waals surface area contributed by atoms with E-state index in [1.165, 1.54) is 23.5 Å². The van der Waals surface area contributed by atoms with Crippen molar-refractivity contribution < 1.29 is 19.4 Å². The Kier molecular flexibility index (Phi) is 5.66. The van der Waals surface area contributed by atoms with Gasteiger partial charge in [0.1, 0.15) is 11.1 Å². The quantitative estimate of drug-likeness (QED) is 0.789. The zero-order valence-corrected chi connectivity index (χ0v) is 14.9. The average molecular weight is 370 g/mol. The Morgan fingerprint density at radius 1 is 1.23 bits per heavy atom. The fourth-order valence-electron chi connectivity index (χ4n) is 2.90. The van der Waals surface area contributed by atoms with E-state index in [0.717, 1.165) is 36.1 Å². The molecule has 6 nitrogen and oxygen atoms in total. The van der Waals surface area contributed by atoms with E-state index in [1.54, 1.807) is 12.1 Å². The number of fused-ring (bicyclic) bond motifs is 1. The lowest BCUT2D eigenvalue weighted by molar-refractivity contribution is -0.119. The van der Waals surface area contributed by atoms with Gasteiger partial charge >= 0.3 is 5.97 Å². The molecule has 1 aliphatic rings. The predicted octanol–water partition coefficient (Wildman–Crippen LogP) is 2.79. The van der Waals surface area contributed by atoms with Crippen molar-refractivity contribution in [2.45, 2.75) is 32.3 Å².